The summed E-state index contributed by atoms with van der Waals surface area (Å²) in [6.07, 6.45) is 0. The molecule has 1 fully saturated rings. The fourth-order valence-electron chi connectivity index (χ4n) is 3.12. The quantitative estimate of drug-likeness (QED) is 0.635. The Hall–Kier alpha value is -2.95. The van der Waals surface area contributed by atoms with Crippen molar-refractivity contribution in [2.24, 2.45) is 0 Å². The number of nitrogens with one attached hydrogen (secondary N) is 1. The van der Waals surface area contributed by atoms with E-state index in [1.165, 1.54) is 17.7 Å². The highest BCUT2D eigenvalue weighted by Crippen LogP contribution is 2.25. The van der Waals surface area contributed by atoms with Crippen LogP contribution in [0, 0.1) is 21.4 Å². The molecule has 0 aromatic heterocycles. The first-order valence-corrected chi connectivity index (χ1v) is 8.48. The van der Waals surface area contributed by atoms with Gasteiger partial charge in [-0.25, -0.2) is 0 Å². The summed E-state index contributed by atoms with van der Waals surface area (Å²) in [5, 5.41) is 23.5. The minimum absolute atomic E-state index is 0.0834. The Morgan fingerprint density at radius 1 is 1.23 bits per heavy atom. The highest BCUT2D eigenvalue weighted by atomic mass is 16.6. The van der Waals surface area contributed by atoms with Crippen LogP contribution >= 0.6 is 0 Å². The molecule has 7 nitrogen and oxygen atoms in total. The van der Waals surface area contributed by atoms with Crippen LogP contribution < -0.4 is 5.32 Å². The van der Waals surface area contributed by atoms with E-state index in [0.717, 1.165) is 13.1 Å². The minimum Gasteiger partial charge on any atom is -0.382 e. The van der Waals surface area contributed by atoms with Gasteiger partial charge in [-0.05, 0) is 11.6 Å². The maximum Gasteiger partial charge on any atom is 0.270 e. The molecule has 0 radical (unpaired) electrons. The van der Waals surface area contributed by atoms with Gasteiger partial charge in [0.1, 0.15) is 6.07 Å². The third-order valence-corrected chi connectivity index (χ3v) is 4.49. The lowest BCUT2D eigenvalue weighted by molar-refractivity contribution is -0.384. The number of nitriles is 1. The summed E-state index contributed by atoms with van der Waals surface area (Å²) in [5.41, 5.74) is 1.97. The number of nitrogens with zero attached hydrogens (tertiary/aromatic N) is 3. The number of ether oxygens (including phenoxy) is 1. The van der Waals surface area contributed by atoms with Crippen LogP contribution in [0.2, 0.25) is 0 Å². The van der Waals surface area contributed by atoms with E-state index in [-0.39, 0.29) is 17.3 Å². The lowest BCUT2D eigenvalue weighted by atomic mass is 10.0. The van der Waals surface area contributed by atoms with Gasteiger partial charge in [-0.1, -0.05) is 30.3 Å². The third-order valence-electron chi connectivity index (χ3n) is 4.49. The standard InChI is InChI=1S/C19H20N4O3/c20-13-16-12-17(23(24)25)6-7-18(16)21-14-19(15-4-2-1-3-5-15)22-8-10-26-11-9-22/h1-7,12,19,21H,8-11,14H2/t19-/m0/s1. The summed E-state index contributed by atoms with van der Waals surface area (Å²) in [4.78, 5) is 12.8. The highest BCUT2D eigenvalue weighted by molar-refractivity contribution is 5.61. The van der Waals surface area contributed by atoms with Crippen LogP contribution in [0.15, 0.2) is 48.5 Å². The predicted molar refractivity (Wildman–Crippen MR) is 97.9 cm³/mol. The number of nitro benzene ring substituents is 1. The number of morpholine rings is 1. The summed E-state index contributed by atoms with van der Waals surface area (Å²) in [6, 6.07) is 16.6. The number of hydrogen-bond donors (Lipinski definition) is 1. The van der Waals surface area contributed by atoms with Crippen molar-refractivity contribution in [2.75, 3.05) is 38.2 Å². The van der Waals surface area contributed by atoms with Gasteiger partial charge in [0, 0.05) is 31.8 Å². The second-order valence-corrected chi connectivity index (χ2v) is 6.05. The van der Waals surface area contributed by atoms with E-state index in [1.54, 1.807) is 6.07 Å². The Labute approximate surface area is 152 Å². The van der Waals surface area contributed by atoms with E-state index < -0.39 is 4.92 Å². The average molecular weight is 352 g/mol. The molecule has 26 heavy (non-hydrogen) atoms. The van der Waals surface area contributed by atoms with E-state index in [0.29, 0.717) is 25.4 Å². The van der Waals surface area contributed by atoms with Gasteiger partial charge in [-0.15, -0.1) is 0 Å². The summed E-state index contributed by atoms with van der Waals surface area (Å²) < 4.78 is 5.45. The Morgan fingerprint density at radius 2 is 1.96 bits per heavy atom. The third kappa shape index (κ3) is 4.17. The van der Waals surface area contributed by atoms with Crippen molar-refractivity contribution < 1.29 is 9.66 Å². The molecule has 1 saturated heterocycles. The molecule has 1 aliphatic heterocycles. The number of rotatable bonds is 6. The Bertz CT molecular complexity index is 798. The van der Waals surface area contributed by atoms with Crippen LogP contribution in [0.4, 0.5) is 11.4 Å². The van der Waals surface area contributed by atoms with Gasteiger partial charge in [0.05, 0.1) is 35.4 Å². The zero-order chi connectivity index (χ0) is 18.4. The number of nitro groups is 1. The molecule has 1 aliphatic rings. The second kappa shape index (κ2) is 8.43. The smallest absolute Gasteiger partial charge is 0.270 e. The van der Waals surface area contributed by atoms with E-state index in [2.05, 4.69) is 22.3 Å². The molecule has 1 N–H and O–H groups in total. The molecule has 0 aliphatic carbocycles. The molecular weight excluding hydrogens is 332 g/mol. The van der Waals surface area contributed by atoms with Gasteiger partial charge in [0.25, 0.3) is 5.69 Å². The molecule has 134 valence electrons. The molecule has 0 unspecified atom stereocenters. The van der Waals surface area contributed by atoms with Gasteiger partial charge >= 0.3 is 0 Å². The maximum atomic E-state index is 10.9. The lowest BCUT2D eigenvalue weighted by Gasteiger charge is -2.35. The van der Waals surface area contributed by atoms with Crippen molar-refractivity contribution in [2.45, 2.75) is 6.04 Å². The molecule has 1 atom stereocenters. The van der Waals surface area contributed by atoms with Crippen LogP contribution in [0.1, 0.15) is 17.2 Å². The van der Waals surface area contributed by atoms with E-state index in [1.807, 2.05) is 24.3 Å². The average Bonchev–Trinajstić information content (AvgIpc) is 2.69. The molecule has 7 heteroatoms. The number of benzene rings is 2. The topological polar surface area (TPSA) is 91.4 Å². The van der Waals surface area contributed by atoms with Gasteiger partial charge in [0.2, 0.25) is 0 Å². The van der Waals surface area contributed by atoms with E-state index >= 15 is 0 Å². The fourth-order valence-corrected chi connectivity index (χ4v) is 3.12. The van der Waals surface area contributed by atoms with Crippen LogP contribution in [-0.2, 0) is 4.74 Å². The van der Waals surface area contributed by atoms with Gasteiger partial charge < -0.3 is 10.1 Å². The first-order valence-electron chi connectivity index (χ1n) is 8.48. The Morgan fingerprint density at radius 3 is 2.62 bits per heavy atom. The maximum absolute atomic E-state index is 10.9. The number of hydrogen-bond acceptors (Lipinski definition) is 6. The van der Waals surface area contributed by atoms with E-state index in [4.69, 9.17) is 4.74 Å². The molecule has 0 spiro atoms. The van der Waals surface area contributed by atoms with Gasteiger partial charge in [-0.2, -0.15) is 5.26 Å². The van der Waals surface area contributed by atoms with Crippen LogP contribution in [0.3, 0.4) is 0 Å². The number of non-ortho nitro benzene ring substituents is 1. The second-order valence-electron chi connectivity index (χ2n) is 6.05. The zero-order valence-electron chi connectivity index (χ0n) is 14.3. The zero-order valence-corrected chi connectivity index (χ0v) is 14.3. The highest BCUT2D eigenvalue weighted by Gasteiger charge is 2.23. The van der Waals surface area contributed by atoms with Crippen molar-refractivity contribution in [3.05, 3.63) is 69.8 Å². The summed E-state index contributed by atoms with van der Waals surface area (Å²) >= 11 is 0. The van der Waals surface area contributed by atoms with E-state index in [9.17, 15) is 15.4 Å². The van der Waals surface area contributed by atoms with Crippen molar-refractivity contribution >= 4 is 11.4 Å². The van der Waals surface area contributed by atoms with Gasteiger partial charge in [0.15, 0.2) is 0 Å². The molecule has 0 saturated carbocycles. The van der Waals surface area contributed by atoms with Gasteiger partial charge in [-0.3, -0.25) is 15.0 Å². The van der Waals surface area contributed by atoms with Crippen LogP contribution in [0.5, 0.6) is 0 Å². The summed E-state index contributed by atoms with van der Waals surface area (Å²) in [6.45, 7) is 3.67. The van der Waals surface area contributed by atoms with Crippen molar-refractivity contribution in [3.63, 3.8) is 0 Å². The minimum atomic E-state index is -0.495. The number of anilines is 1. The first-order chi connectivity index (χ1) is 12.7. The Kier molecular flexibility index (Phi) is 5.79. The summed E-state index contributed by atoms with van der Waals surface area (Å²) in [7, 11) is 0. The SMILES string of the molecule is N#Cc1cc([N+](=O)[O-])ccc1NC[C@@H](c1ccccc1)N1CCOCC1. The predicted octanol–water partition coefficient (Wildman–Crippen LogP) is 2.95. The van der Waals surface area contributed by atoms with Crippen LogP contribution in [-0.4, -0.2) is 42.7 Å². The Balaban J connectivity index is 1.80. The first kappa shape index (κ1) is 17.9. The van der Waals surface area contributed by atoms with Crippen molar-refractivity contribution in [1.29, 1.82) is 5.26 Å². The molecule has 2 aromatic rings. The van der Waals surface area contributed by atoms with Crippen molar-refractivity contribution in [1.82, 2.24) is 4.90 Å². The van der Waals surface area contributed by atoms with Crippen molar-refractivity contribution in [3.8, 4) is 6.07 Å². The van der Waals surface area contributed by atoms with Crippen LogP contribution in [0.25, 0.3) is 0 Å². The monoisotopic (exact) mass is 352 g/mol. The molecular formula is C19H20N4O3. The molecule has 3 rings (SSSR count). The molecule has 1 heterocycles. The molecule has 2 aromatic carbocycles. The normalized spacial score (nSPS) is 15.8. The summed E-state index contributed by atoms with van der Waals surface area (Å²) in [5.74, 6) is 0. The fraction of sp³-hybridized carbons (Fsp3) is 0.316. The molecule has 0 amide bonds. The molecule has 0 bridgehead atoms. The largest absolute Gasteiger partial charge is 0.382 e. The lowest BCUT2D eigenvalue weighted by Crippen LogP contribution is -2.41.